The molecule has 1 atom stereocenters. The van der Waals surface area contributed by atoms with Gasteiger partial charge in [-0.3, -0.25) is 4.79 Å². The van der Waals surface area contributed by atoms with Crippen LogP contribution in [0.1, 0.15) is 143 Å². The molecule has 0 radical (unpaired) electrons. The Labute approximate surface area is 177 Å². The van der Waals surface area contributed by atoms with Gasteiger partial charge in [0.1, 0.15) is 0 Å². The number of hydrogen-bond donors (Lipinski definition) is 0. The standard InChI is InChI=1S/C26H52O2/c1-5-19-25(4)21-18-23-28-26(27)22-17-15-13-11-9-7-6-8-10-12-14-16-20-24(2)3/h24-25H,5-23H2,1-4H3. The van der Waals surface area contributed by atoms with Crippen LogP contribution in [0.4, 0.5) is 0 Å². The molecule has 2 nitrogen and oxygen atoms in total. The summed E-state index contributed by atoms with van der Waals surface area (Å²) in [4.78, 5) is 11.7. The summed E-state index contributed by atoms with van der Waals surface area (Å²) in [6, 6.07) is 0. The molecule has 0 aromatic heterocycles. The maximum Gasteiger partial charge on any atom is 0.305 e. The SMILES string of the molecule is CCCC(C)CCCOC(=O)CCCCCCCCCCCCCCC(C)C. The normalized spacial score (nSPS) is 12.5. The minimum atomic E-state index is 0.0107. The number of carbonyl (C=O) groups excluding carboxylic acids is 1. The van der Waals surface area contributed by atoms with E-state index in [9.17, 15) is 4.79 Å². The van der Waals surface area contributed by atoms with Gasteiger partial charge in [0.05, 0.1) is 6.61 Å². The maximum absolute atomic E-state index is 11.7. The van der Waals surface area contributed by atoms with Gasteiger partial charge in [0, 0.05) is 6.42 Å². The van der Waals surface area contributed by atoms with Gasteiger partial charge in [-0.25, -0.2) is 0 Å². The summed E-state index contributed by atoms with van der Waals surface area (Å²) < 4.78 is 5.35. The van der Waals surface area contributed by atoms with Crippen LogP contribution in [0.25, 0.3) is 0 Å². The van der Waals surface area contributed by atoms with Gasteiger partial charge in [0.25, 0.3) is 0 Å². The molecule has 0 aliphatic rings. The van der Waals surface area contributed by atoms with E-state index in [1.165, 1.54) is 96.3 Å². The van der Waals surface area contributed by atoms with E-state index in [0.29, 0.717) is 13.0 Å². The minimum absolute atomic E-state index is 0.0107. The fourth-order valence-corrected chi connectivity index (χ4v) is 3.92. The van der Waals surface area contributed by atoms with Crippen molar-refractivity contribution >= 4 is 5.97 Å². The lowest BCUT2D eigenvalue weighted by Crippen LogP contribution is -2.06. The van der Waals surface area contributed by atoms with Gasteiger partial charge >= 0.3 is 5.97 Å². The Kier molecular flexibility index (Phi) is 20.8. The summed E-state index contributed by atoms with van der Waals surface area (Å²) in [6.07, 6.45) is 22.8. The second-order valence-electron chi connectivity index (χ2n) is 9.43. The van der Waals surface area contributed by atoms with Crippen molar-refractivity contribution in [1.29, 1.82) is 0 Å². The lowest BCUT2D eigenvalue weighted by molar-refractivity contribution is -0.143. The topological polar surface area (TPSA) is 26.3 Å². The monoisotopic (exact) mass is 396 g/mol. The molecule has 0 fully saturated rings. The number of esters is 1. The van der Waals surface area contributed by atoms with E-state index >= 15 is 0 Å². The second-order valence-corrected chi connectivity index (χ2v) is 9.43. The molecule has 0 bridgehead atoms. The third kappa shape index (κ3) is 21.8. The van der Waals surface area contributed by atoms with E-state index in [4.69, 9.17) is 4.74 Å². The van der Waals surface area contributed by atoms with Crippen molar-refractivity contribution in [2.45, 2.75) is 143 Å². The van der Waals surface area contributed by atoms with Crippen LogP contribution in [0, 0.1) is 11.8 Å². The fraction of sp³-hybridized carbons (Fsp3) is 0.962. The molecule has 0 rings (SSSR count). The van der Waals surface area contributed by atoms with Gasteiger partial charge in [-0.1, -0.05) is 118 Å². The van der Waals surface area contributed by atoms with Crippen LogP contribution in [-0.4, -0.2) is 12.6 Å². The number of carbonyl (C=O) groups is 1. The molecule has 0 aromatic carbocycles. The quantitative estimate of drug-likeness (QED) is 0.143. The summed E-state index contributed by atoms with van der Waals surface area (Å²) >= 11 is 0. The predicted molar refractivity (Wildman–Crippen MR) is 124 cm³/mol. The first-order valence-corrected chi connectivity index (χ1v) is 12.7. The van der Waals surface area contributed by atoms with Gasteiger partial charge in [-0.05, 0) is 31.1 Å². The van der Waals surface area contributed by atoms with E-state index in [1.54, 1.807) is 0 Å². The maximum atomic E-state index is 11.7. The summed E-state index contributed by atoms with van der Waals surface area (Å²) in [6.45, 7) is 9.78. The summed E-state index contributed by atoms with van der Waals surface area (Å²) in [5, 5.41) is 0. The van der Waals surface area contributed by atoms with Gasteiger partial charge < -0.3 is 4.74 Å². The molecule has 0 saturated heterocycles. The molecule has 0 N–H and O–H groups in total. The van der Waals surface area contributed by atoms with Crippen molar-refractivity contribution in [1.82, 2.24) is 0 Å². The van der Waals surface area contributed by atoms with E-state index < -0.39 is 0 Å². The lowest BCUT2D eigenvalue weighted by Gasteiger charge is -2.10. The second kappa shape index (κ2) is 21.2. The zero-order valence-electron chi connectivity index (χ0n) is 19.9. The Balaban J connectivity index is 3.19. The molecule has 0 heterocycles. The van der Waals surface area contributed by atoms with Crippen LogP contribution in [0.2, 0.25) is 0 Å². The first-order chi connectivity index (χ1) is 13.6. The van der Waals surface area contributed by atoms with Crippen LogP contribution in [0.15, 0.2) is 0 Å². The molecular weight excluding hydrogens is 344 g/mol. The Bertz CT molecular complexity index is 324. The molecule has 0 aromatic rings. The van der Waals surface area contributed by atoms with Crippen LogP contribution < -0.4 is 0 Å². The zero-order chi connectivity index (χ0) is 20.9. The highest BCUT2D eigenvalue weighted by Crippen LogP contribution is 2.15. The van der Waals surface area contributed by atoms with Crippen LogP contribution in [-0.2, 0) is 9.53 Å². The smallest absolute Gasteiger partial charge is 0.305 e. The molecule has 2 heteroatoms. The molecule has 168 valence electrons. The number of ether oxygens (including phenoxy) is 1. The molecular formula is C26H52O2. The largest absolute Gasteiger partial charge is 0.466 e. The van der Waals surface area contributed by atoms with Gasteiger partial charge in [-0.2, -0.15) is 0 Å². The van der Waals surface area contributed by atoms with Gasteiger partial charge in [0.15, 0.2) is 0 Å². The van der Waals surface area contributed by atoms with E-state index in [2.05, 4.69) is 27.7 Å². The average Bonchev–Trinajstić information content (AvgIpc) is 2.65. The molecule has 1 unspecified atom stereocenters. The van der Waals surface area contributed by atoms with Crippen molar-refractivity contribution < 1.29 is 9.53 Å². The number of unbranched alkanes of at least 4 members (excludes halogenated alkanes) is 11. The third-order valence-corrected chi connectivity index (χ3v) is 5.80. The number of rotatable bonds is 21. The molecule has 0 aliphatic carbocycles. The van der Waals surface area contributed by atoms with Crippen molar-refractivity contribution in [3.8, 4) is 0 Å². The molecule has 28 heavy (non-hydrogen) atoms. The van der Waals surface area contributed by atoms with Gasteiger partial charge in [0.2, 0.25) is 0 Å². The Morgan fingerprint density at radius 3 is 1.64 bits per heavy atom. The minimum Gasteiger partial charge on any atom is -0.466 e. The summed E-state index contributed by atoms with van der Waals surface area (Å²) in [5.74, 6) is 1.64. The highest BCUT2D eigenvalue weighted by atomic mass is 16.5. The Morgan fingerprint density at radius 1 is 0.643 bits per heavy atom. The average molecular weight is 397 g/mol. The third-order valence-electron chi connectivity index (χ3n) is 5.80. The lowest BCUT2D eigenvalue weighted by atomic mass is 10.0. The van der Waals surface area contributed by atoms with E-state index in [-0.39, 0.29) is 5.97 Å². The highest BCUT2D eigenvalue weighted by molar-refractivity contribution is 5.69. The Hall–Kier alpha value is -0.530. The van der Waals surface area contributed by atoms with E-state index in [1.807, 2.05) is 0 Å². The van der Waals surface area contributed by atoms with Crippen molar-refractivity contribution in [3.63, 3.8) is 0 Å². The van der Waals surface area contributed by atoms with E-state index in [0.717, 1.165) is 24.7 Å². The van der Waals surface area contributed by atoms with Crippen LogP contribution in [0.5, 0.6) is 0 Å². The molecule has 0 spiro atoms. The van der Waals surface area contributed by atoms with Crippen LogP contribution in [0.3, 0.4) is 0 Å². The Morgan fingerprint density at radius 2 is 1.14 bits per heavy atom. The van der Waals surface area contributed by atoms with Gasteiger partial charge in [-0.15, -0.1) is 0 Å². The van der Waals surface area contributed by atoms with Crippen molar-refractivity contribution in [3.05, 3.63) is 0 Å². The zero-order valence-corrected chi connectivity index (χ0v) is 19.9. The highest BCUT2D eigenvalue weighted by Gasteiger charge is 2.04. The fourth-order valence-electron chi connectivity index (χ4n) is 3.92. The summed E-state index contributed by atoms with van der Waals surface area (Å²) in [5.41, 5.74) is 0. The van der Waals surface area contributed by atoms with Crippen molar-refractivity contribution in [2.24, 2.45) is 11.8 Å². The summed E-state index contributed by atoms with van der Waals surface area (Å²) in [7, 11) is 0. The molecule has 0 saturated carbocycles. The first kappa shape index (κ1) is 27.5. The van der Waals surface area contributed by atoms with Crippen LogP contribution >= 0.6 is 0 Å². The molecule has 0 aliphatic heterocycles. The number of hydrogen-bond acceptors (Lipinski definition) is 2. The molecule has 0 amide bonds. The predicted octanol–water partition coefficient (Wildman–Crippen LogP) is 8.86. The van der Waals surface area contributed by atoms with Crippen molar-refractivity contribution in [2.75, 3.05) is 6.61 Å². The first-order valence-electron chi connectivity index (χ1n) is 12.7.